The van der Waals surface area contributed by atoms with Crippen molar-refractivity contribution in [1.29, 1.82) is 0 Å². The smallest absolute Gasteiger partial charge is 0.143 e. The molecule has 12 rings (SSSR count). The van der Waals surface area contributed by atoms with Crippen molar-refractivity contribution in [3.63, 3.8) is 0 Å². The Morgan fingerprint density at radius 3 is 2.11 bits per heavy atom. The lowest BCUT2D eigenvalue weighted by molar-refractivity contribution is 0.340. The Bertz CT molecular complexity index is 3250. The van der Waals surface area contributed by atoms with Crippen molar-refractivity contribution in [3.05, 3.63) is 187 Å². The number of aliphatic imine (C=N–C) groups is 1. The van der Waals surface area contributed by atoms with Crippen molar-refractivity contribution in [2.45, 2.75) is 18.8 Å². The molecule has 1 aliphatic heterocycles. The zero-order valence-electron chi connectivity index (χ0n) is 30.9. The average molecular weight is 737 g/mol. The number of amidine groups is 1. The van der Waals surface area contributed by atoms with E-state index in [0.29, 0.717) is 0 Å². The van der Waals surface area contributed by atoms with Crippen LogP contribution in [0.4, 0.5) is 0 Å². The molecule has 2 aliphatic rings. The SMILES string of the molecule is C1=CCC(C2N=C(c3ccccc3)NC(c3cccc4oc5c(-c6cccc7oc8ccc(-n9c%10ccccc%10c%10ccccc%109)cc8c67)cccc5c34)N2)C=C1. The van der Waals surface area contributed by atoms with Crippen LogP contribution in [0, 0.1) is 5.92 Å². The van der Waals surface area contributed by atoms with Gasteiger partial charge in [0.2, 0.25) is 0 Å². The highest BCUT2D eigenvalue weighted by Gasteiger charge is 2.31. The summed E-state index contributed by atoms with van der Waals surface area (Å²) < 4.78 is 15.8. The standard InChI is InChI=1S/C51H36N4O2/c1-3-14-31(15-4-1)49-52-50(32-16-5-2-6-17-32)54-51(53-49)39-23-13-27-45-47(39)38-22-11-21-37(48(38)57-45)36-20-12-26-44-46(36)40-30-33(28-29-43(40)56-44)55-41-24-9-7-18-34(41)35-19-8-10-25-42(35)55/h1-16,18-30,32,50-51,54H,17H2,(H,52,53). The summed E-state index contributed by atoms with van der Waals surface area (Å²) in [5, 5.41) is 14.4. The largest absolute Gasteiger partial charge is 0.456 e. The van der Waals surface area contributed by atoms with Crippen LogP contribution in [-0.4, -0.2) is 16.6 Å². The van der Waals surface area contributed by atoms with Crippen molar-refractivity contribution in [1.82, 2.24) is 15.2 Å². The van der Waals surface area contributed by atoms with E-state index in [1.54, 1.807) is 0 Å². The number of nitrogens with zero attached hydrogens (tertiary/aromatic N) is 2. The molecule has 0 amide bonds. The summed E-state index contributed by atoms with van der Waals surface area (Å²) >= 11 is 0. The average Bonchev–Trinajstić information content (AvgIpc) is 3.96. The Morgan fingerprint density at radius 1 is 0.579 bits per heavy atom. The number of rotatable bonds is 5. The molecule has 6 heteroatoms. The van der Waals surface area contributed by atoms with Gasteiger partial charge in [-0.1, -0.05) is 133 Å². The molecule has 6 nitrogen and oxygen atoms in total. The molecule has 0 bridgehead atoms. The predicted octanol–water partition coefficient (Wildman–Crippen LogP) is 12.3. The Kier molecular flexibility index (Phi) is 7.16. The molecule has 10 aromatic rings. The molecule has 0 radical (unpaired) electrons. The maximum Gasteiger partial charge on any atom is 0.143 e. The fraction of sp³-hybridized carbons (Fsp3) is 0.0784. The normalized spacial score (nSPS) is 18.3. The second-order valence-corrected chi connectivity index (χ2v) is 15.1. The zero-order chi connectivity index (χ0) is 37.5. The Hall–Kier alpha value is -7.15. The molecule has 0 fully saturated rings. The molecule has 1 aliphatic carbocycles. The van der Waals surface area contributed by atoms with E-state index in [2.05, 4.69) is 185 Å². The third-order valence-electron chi connectivity index (χ3n) is 11.8. The van der Waals surface area contributed by atoms with E-state index < -0.39 is 0 Å². The first-order valence-corrected chi connectivity index (χ1v) is 19.6. The molecular formula is C51H36N4O2. The number of benzene rings is 7. The highest BCUT2D eigenvalue weighted by molar-refractivity contribution is 6.18. The van der Waals surface area contributed by atoms with Crippen LogP contribution in [0.15, 0.2) is 190 Å². The summed E-state index contributed by atoms with van der Waals surface area (Å²) in [6, 6.07) is 53.4. The van der Waals surface area contributed by atoms with Gasteiger partial charge in [-0.2, -0.15) is 0 Å². The Labute approximate surface area is 328 Å². The number of furan rings is 2. The van der Waals surface area contributed by atoms with E-state index in [1.807, 2.05) is 6.07 Å². The molecule has 3 aromatic heterocycles. The topological polar surface area (TPSA) is 67.6 Å². The lowest BCUT2D eigenvalue weighted by Gasteiger charge is -2.35. The molecule has 57 heavy (non-hydrogen) atoms. The lowest BCUT2D eigenvalue weighted by Crippen LogP contribution is -2.50. The first kappa shape index (κ1) is 32.1. The van der Waals surface area contributed by atoms with Gasteiger partial charge in [-0.15, -0.1) is 0 Å². The molecule has 0 saturated carbocycles. The molecule has 4 heterocycles. The molecule has 7 aromatic carbocycles. The van der Waals surface area contributed by atoms with Crippen molar-refractivity contribution < 1.29 is 8.83 Å². The molecule has 0 saturated heterocycles. The minimum Gasteiger partial charge on any atom is -0.456 e. The van der Waals surface area contributed by atoms with Crippen molar-refractivity contribution >= 4 is 71.5 Å². The summed E-state index contributed by atoms with van der Waals surface area (Å²) in [5.41, 5.74) is 11.1. The van der Waals surface area contributed by atoms with Gasteiger partial charge < -0.3 is 18.7 Å². The number of allylic oxidation sites excluding steroid dienone is 3. The number of aromatic nitrogens is 1. The molecule has 0 spiro atoms. The van der Waals surface area contributed by atoms with Crippen molar-refractivity contribution in [2.75, 3.05) is 0 Å². The van der Waals surface area contributed by atoms with Crippen LogP contribution in [0.2, 0.25) is 0 Å². The third-order valence-corrected chi connectivity index (χ3v) is 11.8. The van der Waals surface area contributed by atoms with Gasteiger partial charge in [0.25, 0.3) is 0 Å². The van der Waals surface area contributed by atoms with Gasteiger partial charge in [0, 0.05) is 60.6 Å². The van der Waals surface area contributed by atoms with Crippen LogP contribution in [0.5, 0.6) is 0 Å². The summed E-state index contributed by atoms with van der Waals surface area (Å²) in [7, 11) is 0. The Morgan fingerprint density at radius 2 is 1.30 bits per heavy atom. The van der Waals surface area contributed by atoms with Gasteiger partial charge in [-0.3, -0.25) is 5.32 Å². The van der Waals surface area contributed by atoms with Crippen LogP contribution >= 0.6 is 0 Å². The third kappa shape index (κ3) is 5.04. The number of para-hydroxylation sites is 3. The molecular weight excluding hydrogens is 701 g/mol. The van der Waals surface area contributed by atoms with E-state index in [-0.39, 0.29) is 18.2 Å². The summed E-state index contributed by atoms with van der Waals surface area (Å²) in [6.45, 7) is 0. The van der Waals surface area contributed by atoms with Gasteiger partial charge in [0.1, 0.15) is 40.5 Å². The second-order valence-electron chi connectivity index (χ2n) is 15.1. The predicted molar refractivity (Wildman–Crippen MR) is 233 cm³/mol. The zero-order valence-corrected chi connectivity index (χ0v) is 30.9. The number of fused-ring (bicyclic) bond motifs is 9. The van der Waals surface area contributed by atoms with Crippen LogP contribution in [0.3, 0.4) is 0 Å². The molecule has 2 N–H and O–H groups in total. The monoisotopic (exact) mass is 736 g/mol. The molecule has 3 atom stereocenters. The first-order valence-electron chi connectivity index (χ1n) is 19.6. The summed E-state index contributed by atoms with van der Waals surface area (Å²) in [4.78, 5) is 5.21. The number of nitrogens with one attached hydrogen (secondary N) is 2. The quantitative estimate of drug-likeness (QED) is 0.185. The highest BCUT2D eigenvalue weighted by atomic mass is 16.3. The van der Waals surface area contributed by atoms with E-state index in [1.165, 1.54) is 21.8 Å². The lowest BCUT2D eigenvalue weighted by atomic mass is 9.94. The van der Waals surface area contributed by atoms with E-state index in [0.717, 1.165) is 84.1 Å². The summed E-state index contributed by atoms with van der Waals surface area (Å²) in [5.74, 6) is 1.13. The van der Waals surface area contributed by atoms with Crippen molar-refractivity contribution in [2.24, 2.45) is 10.9 Å². The van der Waals surface area contributed by atoms with Gasteiger partial charge in [-0.25, -0.2) is 4.99 Å². The fourth-order valence-corrected chi connectivity index (χ4v) is 9.24. The minimum atomic E-state index is -0.198. The van der Waals surface area contributed by atoms with Crippen LogP contribution in [0.1, 0.15) is 23.7 Å². The van der Waals surface area contributed by atoms with E-state index in [9.17, 15) is 0 Å². The van der Waals surface area contributed by atoms with Crippen LogP contribution in [-0.2, 0) is 0 Å². The Balaban J connectivity index is 1.02. The second kappa shape index (κ2) is 12.7. The first-order chi connectivity index (χ1) is 28.3. The summed E-state index contributed by atoms with van der Waals surface area (Å²) in [6.07, 6.45) is 9.37. The van der Waals surface area contributed by atoms with Gasteiger partial charge >= 0.3 is 0 Å². The van der Waals surface area contributed by atoms with E-state index in [4.69, 9.17) is 13.8 Å². The molecule has 272 valence electrons. The number of hydrogen-bond acceptors (Lipinski definition) is 5. The molecule has 3 unspecified atom stereocenters. The fourth-order valence-electron chi connectivity index (χ4n) is 9.24. The minimum absolute atomic E-state index is 0.101. The van der Waals surface area contributed by atoms with Crippen LogP contribution in [0.25, 0.3) is 82.5 Å². The van der Waals surface area contributed by atoms with Crippen molar-refractivity contribution in [3.8, 4) is 16.8 Å². The number of hydrogen-bond donors (Lipinski definition) is 2. The van der Waals surface area contributed by atoms with E-state index >= 15 is 0 Å². The van der Waals surface area contributed by atoms with Gasteiger partial charge in [-0.05, 0) is 54.4 Å². The van der Waals surface area contributed by atoms with Gasteiger partial charge in [0.05, 0.1) is 11.0 Å². The maximum absolute atomic E-state index is 6.90. The maximum atomic E-state index is 6.90. The van der Waals surface area contributed by atoms with Crippen LogP contribution < -0.4 is 10.6 Å². The van der Waals surface area contributed by atoms with Gasteiger partial charge in [0.15, 0.2) is 0 Å². The highest BCUT2D eigenvalue weighted by Crippen LogP contribution is 2.44.